The van der Waals surface area contributed by atoms with E-state index < -0.39 is 5.92 Å². The second-order valence-electron chi connectivity index (χ2n) is 10.5. The lowest BCUT2D eigenvalue weighted by atomic mass is 9.89. The molecule has 3 heterocycles. The number of carbonyl (C=O) groups is 1. The summed E-state index contributed by atoms with van der Waals surface area (Å²) >= 11 is 0. The maximum Gasteiger partial charge on any atom is 0.270 e. The number of piperidine rings is 1. The number of benzene rings is 2. The smallest absolute Gasteiger partial charge is 0.270 e. The van der Waals surface area contributed by atoms with Gasteiger partial charge in [-0.3, -0.25) is 14.8 Å². The van der Waals surface area contributed by atoms with Crippen LogP contribution in [0.3, 0.4) is 0 Å². The first-order chi connectivity index (χ1) is 17.8. The van der Waals surface area contributed by atoms with E-state index in [9.17, 15) is 13.6 Å². The number of aliphatic imine (C=N–C) groups is 1. The first-order valence-corrected chi connectivity index (χ1v) is 13.1. The average Bonchev–Trinajstić information content (AvgIpc) is 3.31. The molecule has 4 nitrogen and oxygen atoms in total. The van der Waals surface area contributed by atoms with Gasteiger partial charge in [0.1, 0.15) is 0 Å². The number of pyridine rings is 1. The third-order valence-electron chi connectivity index (χ3n) is 7.53. The van der Waals surface area contributed by atoms with Gasteiger partial charge >= 0.3 is 0 Å². The molecule has 2 aliphatic rings. The summed E-state index contributed by atoms with van der Waals surface area (Å²) in [5, 5.41) is 0. The summed E-state index contributed by atoms with van der Waals surface area (Å²) < 4.78 is 28.0. The largest absolute Gasteiger partial charge is 0.303 e. The van der Waals surface area contributed by atoms with Crippen molar-refractivity contribution in [3.63, 3.8) is 0 Å². The minimum Gasteiger partial charge on any atom is -0.303 e. The molecule has 2 aromatic carbocycles. The zero-order valence-electron chi connectivity index (χ0n) is 21.5. The first-order valence-electron chi connectivity index (χ1n) is 13.1. The van der Waals surface area contributed by atoms with Crippen LogP contribution in [0.2, 0.25) is 0 Å². The SMILES string of the molecule is Cc1cc(C2=NCc3ccc(C(=O)C[C@@H]4CCCN(CCc5ccccc5C(C)(F)F)C4)cc32)ccn1. The summed E-state index contributed by atoms with van der Waals surface area (Å²) in [6, 6.07) is 16.8. The molecule has 1 fully saturated rings. The number of alkyl halides is 2. The van der Waals surface area contributed by atoms with Gasteiger partial charge in [-0.05, 0) is 68.0 Å². The number of hydrogen-bond acceptors (Lipinski definition) is 4. The van der Waals surface area contributed by atoms with Gasteiger partial charge in [0.2, 0.25) is 0 Å². The van der Waals surface area contributed by atoms with Crippen molar-refractivity contribution >= 4 is 11.5 Å². The van der Waals surface area contributed by atoms with Gasteiger partial charge in [-0.15, -0.1) is 0 Å². The molecule has 1 aromatic heterocycles. The number of ketones is 1. The highest BCUT2D eigenvalue weighted by molar-refractivity contribution is 6.16. The Hall–Kier alpha value is -3.25. The fourth-order valence-corrected chi connectivity index (χ4v) is 5.64. The van der Waals surface area contributed by atoms with Crippen LogP contribution < -0.4 is 0 Å². The zero-order valence-corrected chi connectivity index (χ0v) is 21.5. The summed E-state index contributed by atoms with van der Waals surface area (Å²) in [7, 11) is 0. The number of likely N-dealkylation sites (tertiary alicyclic amines) is 1. The molecule has 192 valence electrons. The number of carbonyl (C=O) groups excluding carboxylic acids is 1. The minimum atomic E-state index is -2.84. The van der Waals surface area contributed by atoms with Crippen LogP contribution in [-0.4, -0.2) is 41.0 Å². The van der Waals surface area contributed by atoms with Crippen molar-refractivity contribution < 1.29 is 13.6 Å². The number of nitrogens with zero attached hydrogens (tertiary/aromatic N) is 3. The molecule has 0 radical (unpaired) electrons. The second kappa shape index (κ2) is 10.6. The van der Waals surface area contributed by atoms with E-state index in [-0.39, 0.29) is 17.3 Å². The van der Waals surface area contributed by atoms with Gasteiger partial charge in [0.15, 0.2) is 5.78 Å². The van der Waals surface area contributed by atoms with Crippen LogP contribution in [0.15, 0.2) is 65.8 Å². The highest BCUT2D eigenvalue weighted by Crippen LogP contribution is 2.31. The van der Waals surface area contributed by atoms with Gasteiger partial charge < -0.3 is 4.90 Å². The van der Waals surface area contributed by atoms with Gasteiger partial charge in [0.25, 0.3) is 5.92 Å². The van der Waals surface area contributed by atoms with Crippen molar-refractivity contribution in [2.45, 2.75) is 52.0 Å². The van der Waals surface area contributed by atoms with Gasteiger partial charge in [-0.2, -0.15) is 0 Å². The third kappa shape index (κ3) is 5.85. The number of fused-ring (bicyclic) bond motifs is 1. The molecule has 0 unspecified atom stereocenters. The Morgan fingerprint density at radius 2 is 1.97 bits per heavy atom. The standard InChI is InChI=1S/C31H33F2N3O/c1-21-16-25(11-13-34-21)30-27-18-24(9-10-26(27)19-35-30)29(37)17-22-6-5-14-36(20-22)15-12-23-7-3-4-8-28(23)31(2,32)33/h3-4,7-11,13,16,18,22H,5-6,12,14-15,17,19-20H2,1-2H3/t22-/m0/s1. The summed E-state index contributed by atoms with van der Waals surface area (Å²) in [5.74, 6) is -2.42. The number of aryl methyl sites for hydroxylation is 1. The molecule has 6 heteroatoms. The van der Waals surface area contributed by atoms with Crippen molar-refractivity contribution in [1.29, 1.82) is 0 Å². The lowest BCUT2D eigenvalue weighted by molar-refractivity contribution is 0.0163. The Balaban J connectivity index is 1.22. The zero-order chi connectivity index (χ0) is 26.0. The van der Waals surface area contributed by atoms with E-state index in [0.29, 0.717) is 24.9 Å². The summed E-state index contributed by atoms with van der Waals surface area (Å²) in [4.78, 5) is 24.6. The lowest BCUT2D eigenvalue weighted by Gasteiger charge is -2.32. The molecule has 0 aliphatic carbocycles. The van der Waals surface area contributed by atoms with Crippen LogP contribution in [0, 0.1) is 12.8 Å². The van der Waals surface area contributed by atoms with Crippen LogP contribution in [0.25, 0.3) is 0 Å². The normalized spacial score (nSPS) is 17.9. The van der Waals surface area contributed by atoms with E-state index in [1.807, 2.05) is 43.3 Å². The number of halogens is 2. The van der Waals surface area contributed by atoms with E-state index in [0.717, 1.165) is 73.1 Å². The monoisotopic (exact) mass is 501 g/mol. The van der Waals surface area contributed by atoms with Crippen molar-refractivity contribution in [1.82, 2.24) is 9.88 Å². The summed E-state index contributed by atoms with van der Waals surface area (Å²) in [5.41, 5.74) is 6.62. The number of hydrogen-bond donors (Lipinski definition) is 0. The molecule has 0 spiro atoms. The van der Waals surface area contributed by atoms with Crippen LogP contribution in [-0.2, 0) is 18.9 Å². The molecule has 0 bridgehead atoms. The average molecular weight is 502 g/mol. The topological polar surface area (TPSA) is 45.6 Å². The maximum atomic E-state index is 14.0. The third-order valence-corrected chi connectivity index (χ3v) is 7.53. The predicted octanol–water partition coefficient (Wildman–Crippen LogP) is 6.38. The fourth-order valence-electron chi connectivity index (χ4n) is 5.64. The van der Waals surface area contributed by atoms with Crippen molar-refractivity contribution in [3.8, 4) is 0 Å². The van der Waals surface area contributed by atoms with Crippen LogP contribution in [0.5, 0.6) is 0 Å². The molecular formula is C31H33F2N3O. The van der Waals surface area contributed by atoms with Gasteiger partial charge in [0.05, 0.1) is 12.3 Å². The van der Waals surface area contributed by atoms with Crippen LogP contribution in [0.1, 0.15) is 70.1 Å². The predicted molar refractivity (Wildman–Crippen MR) is 143 cm³/mol. The molecule has 37 heavy (non-hydrogen) atoms. The van der Waals surface area contributed by atoms with Crippen LogP contribution in [0.4, 0.5) is 8.78 Å². The van der Waals surface area contributed by atoms with Crippen molar-refractivity contribution in [2.24, 2.45) is 10.9 Å². The van der Waals surface area contributed by atoms with E-state index in [2.05, 4.69) is 9.88 Å². The van der Waals surface area contributed by atoms with Crippen molar-refractivity contribution in [3.05, 3.63) is 99.9 Å². The minimum absolute atomic E-state index is 0.111. The molecule has 2 aliphatic heterocycles. The molecule has 5 rings (SSSR count). The molecule has 1 atom stereocenters. The van der Waals surface area contributed by atoms with E-state index >= 15 is 0 Å². The van der Waals surface area contributed by atoms with E-state index in [1.54, 1.807) is 18.3 Å². The lowest BCUT2D eigenvalue weighted by Crippen LogP contribution is -2.37. The van der Waals surface area contributed by atoms with Gasteiger partial charge in [-0.25, -0.2) is 8.78 Å². The molecule has 1 saturated heterocycles. The number of aromatic nitrogens is 1. The second-order valence-corrected chi connectivity index (χ2v) is 10.5. The molecule has 0 saturated carbocycles. The Labute approximate surface area is 217 Å². The summed E-state index contributed by atoms with van der Waals surface area (Å²) in [6.07, 6.45) is 4.91. The Morgan fingerprint density at radius 1 is 1.14 bits per heavy atom. The molecular weight excluding hydrogens is 468 g/mol. The van der Waals surface area contributed by atoms with Crippen LogP contribution >= 0.6 is 0 Å². The number of rotatable bonds is 8. The molecule has 0 amide bonds. The summed E-state index contributed by atoms with van der Waals surface area (Å²) in [6.45, 7) is 6.04. The molecule has 3 aromatic rings. The Bertz CT molecular complexity index is 1330. The number of Topliss-reactive ketones (excluding diaryl/α,β-unsaturated/α-hetero) is 1. The van der Waals surface area contributed by atoms with Gasteiger partial charge in [0, 0.05) is 60.6 Å². The van der Waals surface area contributed by atoms with E-state index in [1.165, 1.54) is 6.07 Å². The Kier molecular flexibility index (Phi) is 7.29. The quantitative estimate of drug-likeness (QED) is 0.337. The Morgan fingerprint density at radius 3 is 2.78 bits per heavy atom. The first kappa shape index (κ1) is 25.4. The maximum absolute atomic E-state index is 14.0. The highest BCUT2D eigenvalue weighted by atomic mass is 19.3. The van der Waals surface area contributed by atoms with E-state index in [4.69, 9.17) is 4.99 Å². The highest BCUT2D eigenvalue weighted by Gasteiger charge is 2.28. The van der Waals surface area contributed by atoms with Crippen molar-refractivity contribution in [2.75, 3.05) is 19.6 Å². The fraction of sp³-hybridized carbons (Fsp3) is 0.387. The van der Waals surface area contributed by atoms with Gasteiger partial charge in [-0.1, -0.05) is 36.4 Å². The molecule has 0 N–H and O–H groups in total.